The van der Waals surface area contributed by atoms with Crippen molar-refractivity contribution < 1.29 is 44.7 Å². The predicted molar refractivity (Wildman–Crippen MR) is 31.7 cm³/mol. The van der Waals surface area contributed by atoms with E-state index in [0.717, 1.165) is 0 Å². The zero-order valence-electron chi connectivity index (χ0n) is 4.94. The third-order valence-corrected chi connectivity index (χ3v) is 0.756. The molecule has 0 aliphatic carbocycles. The summed E-state index contributed by atoms with van der Waals surface area (Å²) in [6, 6.07) is 8.71. The fourth-order valence-electron chi connectivity index (χ4n) is 0.428. The maximum atomic E-state index is 8.63. The molecule has 10 heavy (non-hydrogen) atoms. The second-order valence-electron chi connectivity index (χ2n) is 1.34. The van der Waals surface area contributed by atoms with Crippen molar-refractivity contribution in [3.63, 3.8) is 0 Å². The number of phenols is 1. The molecule has 66 valence electrons. The number of hydrogen-bond donors (Lipinski definition) is 1. The van der Waals surface area contributed by atoms with Crippen LogP contribution in [0.3, 0.4) is 0 Å². The fraction of sp³-hybridized carbons (Fsp3) is 0. The van der Waals surface area contributed by atoms with Gasteiger partial charge in [0.05, 0.1) is 0 Å². The van der Waals surface area contributed by atoms with E-state index < -0.39 is 0 Å². The Labute approximate surface area is 80.9 Å². The molecular formula is C6H8Cu2O2. The van der Waals surface area contributed by atoms with E-state index in [9.17, 15) is 0 Å². The van der Waals surface area contributed by atoms with E-state index in [1.807, 2.05) is 6.07 Å². The van der Waals surface area contributed by atoms with Gasteiger partial charge < -0.3 is 10.6 Å². The summed E-state index contributed by atoms with van der Waals surface area (Å²) in [5.41, 5.74) is 0. The van der Waals surface area contributed by atoms with Gasteiger partial charge in [-0.3, -0.25) is 0 Å². The normalized spacial score (nSPS) is 6.00. The number of phenolic OH excluding ortho intramolecular Hbond substituents is 1. The van der Waals surface area contributed by atoms with Crippen molar-refractivity contribution >= 4 is 0 Å². The maximum absolute atomic E-state index is 8.63. The molecule has 1 rings (SSSR count). The van der Waals surface area contributed by atoms with Crippen LogP contribution in [0.1, 0.15) is 0 Å². The van der Waals surface area contributed by atoms with E-state index >= 15 is 0 Å². The van der Waals surface area contributed by atoms with Gasteiger partial charge >= 0.3 is 0 Å². The van der Waals surface area contributed by atoms with Crippen LogP contribution >= 0.6 is 0 Å². The van der Waals surface area contributed by atoms with Crippen LogP contribution in [0.2, 0.25) is 0 Å². The first kappa shape index (κ1) is 16.5. The minimum absolute atomic E-state index is 0. The fourth-order valence-corrected chi connectivity index (χ4v) is 0.428. The number of hydrogen-bond acceptors (Lipinski definition) is 1. The Morgan fingerprint density at radius 3 is 1.50 bits per heavy atom. The largest absolute Gasteiger partial charge is 0.508 e. The van der Waals surface area contributed by atoms with Crippen LogP contribution in [0, 0.1) is 0 Å². The molecule has 2 radical (unpaired) electrons. The minimum Gasteiger partial charge on any atom is -0.508 e. The first-order valence-corrected chi connectivity index (χ1v) is 2.13. The van der Waals surface area contributed by atoms with Crippen LogP contribution in [0.5, 0.6) is 5.75 Å². The molecule has 0 aromatic heterocycles. The topological polar surface area (TPSA) is 51.7 Å². The average Bonchev–Trinajstić information content (AvgIpc) is 1.69. The van der Waals surface area contributed by atoms with Gasteiger partial charge in [-0.2, -0.15) is 0 Å². The van der Waals surface area contributed by atoms with E-state index in [0.29, 0.717) is 5.75 Å². The molecule has 0 amide bonds. The van der Waals surface area contributed by atoms with E-state index in [-0.39, 0.29) is 39.6 Å². The van der Waals surface area contributed by atoms with E-state index in [1.54, 1.807) is 24.3 Å². The second kappa shape index (κ2) is 9.02. The van der Waals surface area contributed by atoms with E-state index in [2.05, 4.69) is 0 Å². The van der Waals surface area contributed by atoms with Crippen LogP contribution < -0.4 is 0 Å². The number of rotatable bonds is 0. The van der Waals surface area contributed by atoms with Gasteiger partial charge in [0.2, 0.25) is 0 Å². The van der Waals surface area contributed by atoms with Crippen molar-refractivity contribution in [1.82, 2.24) is 0 Å². The van der Waals surface area contributed by atoms with Crippen molar-refractivity contribution in [3.05, 3.63) is 30.3 Å². The van der Waals surface area contributed by atoms with Gasteiger partial charge in [-0.25, -0.2) is 0 Å². The third kappa shape index (κ3) is 6.14. The molecular weight excluding hydrogens is 231 g/mol. The zero-order chi connectivity index (χ0) is 5.11. The van der Waals surface area contributed by atoms with Crippen molar-refractivity contribution in [3.8, 4) is 5.75 Å². The summed E-state index contributed by atoms with van der Waals surface area (Å²) in [5, 5.41) is 8.63. The molecule has 0 saturated heterocycles. The van der Waals surface area contributed by atoms with Gasteiger partial charge in [0, 0.05) is 34.1 Å². The van der Waals surface area contributed by atoms with Crippen LogP contribution in [-0.4, -0.2) is 10.6 Å². The van der Waals surface area contributed by atoms with Crippen molar-refractivity contribution in [2.45, 2.75) is 0 Å². The van der Waals surface area contributed by atoms with E-state index in [4.69, 9.17) is 5.11 Å². The molecule has 0 fully saturated rings. The van der Waals surface area contributed by atoms with Gasteiger partial charge in [-0.1, -0.05) is 18.2 Å². The zero-order valence-corrected chi connectivity index (χ0v) is 6.82. The van der Waals surface area contributed by atoms with Crippen molar-refractivity contribution in [1.29, 1.82) is 0 Å². The molecule has 3 N–H and O–H groups in total. The molecule has 0 unspecified atom stereocenters. The second-order valence-corrected chi connectivity index (χ2v) is 1.34. The molecule has 2 nitrogen and oxygen atoms in total. The van der Waals surface area contributed by atoms with Crippen LogP contribution in [0.15, 0.2) is 30.3 Å². The molecule has 1 aromatic carbocycles. The van der Waals surface area contributed by atoms with Crippen LogP contribution in [-0.2, 0) is 34.1 Å². The average molecular weight is 239 g/mol. The molecule has 0 aliphatic rings. The number of aromatic hydroxyl groups is 1. The van der Waals surface area contributed by atoms with Gasteiger partial charge in [-0.05, 0) is 12.1 Å². The summed E-state index contributed by atoms with van der Waals surface area (Å²) in [6.07, 6.45) is 0. The number of para-hydroxylation sites is 1. The predicted octanol–water partition coefficient (Wildman–Crippen LogP) is 0.562. The van der Waals surface area contributed by atoms with Crippen molar-refractivity contribution in [2.24, 2.45) is 0 Å². The maximum Gasteiger partial charge on any atom is 0.115 e. The molecule has 0 saturated carbocycles. The quantitative estimate of drug-likeness (QED) is 0.661. The molecule has 4 heteroatoms. The summed E-state index contributed by atoms with van der Waals surface area (Å²) >= 11 is 0. The molecule has 0 atom stereocenters. The van der Waals surface area contributed by atoms with Crippen LogP contribution in [0.4, 0.5) is 0 Å². The van der Waals surface area contributed by atoms with Crippen molar-refractivity contribution in [2.75, 3.05) is 0 Å². The SMILES string of the molecule is O.Oc1ccccc1.[Cu].[Cu]. The Morgan fingerprint density at radius 1 is 0.900 bits per heavy atom. The van der Waals surface area contributed by atoms with Gasteiger partial charge in [0.15, 0.2) is 0 Å². The third-order valence-electron chi connectivity index (χ3n) is 0.756. The summed E-state index contributed by atoms with van der Waals surface area (Å²) in [4.78, 5) is 0. The Kier molecular flexibility index (Phi) is 14.9. The Balaban J connectivity index is -0.000000163. The first-order valence-electron chi connectivity index (χ1n) is 2.13. The van der Waals surface area contributed by atoms with Gasteiger partial charge in [0.1, 0.15) is 5.75 Å². The summed E-state index contributed by atoms with van der Waals surface area (Å²) < 4.78 is 0. The molecule has 0 bridgehead atoms. The summed E-state index contributed by atoms with van der Waals surface area (Å²) in [7, 11) is 0. The van der Waals surface area contributed by atoms with E-state index in [1.165, 1.54) is 0 Å². The molecule has 0 aliphatic heterocycles. The Bertz CT molecular complexity index is 144. The molecule has 1 aromatic rings. The Morgan fingerprint density at radius 2 is 1.30 bits per heavy atom. The van der Waals surface area contributed by atoms with Gasteiger partial charge in [0.25, 0.3) is 0 Å². The summed E-state index contributed by atoms with van der Waals surface area (Å²) in [6.45, 7) is 0. The summed E-state index contributed by atoms with van der Waals surface area (Å²) in [5.74, 6) is 0.322. The monoisotopic (exact) mass is 238 g/mol. The molecule has 0 heterocycles. The smallest absolute Gasteiger partial charge is 0.115 e. The van der Waals surface area contributed by atoms with Crippen LogP contribution in [0.25, 0.3) is 0 Å². The minimum atomic E-state index is 0. The van der Waals surface area contributed by atoms with Gasteiger partial charge in [-0.15, -0.1) is 0 Å². The number of benzene rings is 1. The first-order chi connectivity index (χ1) is 3.39. The standard InChI is InChI=1S/C6H6O.2Cu.H2O/c7-6-4-2-1-3-5-6;;;/h1-5,7H;;;1H2. The molecule has 0 spiro atoms. The Hall–Kier alpha value is 0.0190.